The fourth-order valence-electron chi connectivity index (χ4n) is 2.39. The van der Waals surface area contributed by atoms with Crippen molar-refractivity contribution in [2.75, 3.05) is 13.2 Å². The minimum absolute atomic E-state index is 0.0933. The predicted octanol–water partition coefficient (Wildman–Crippen LogP) is 1.45. The van der Waals surface area contributed by atoms with Crippen LogP contribution in [-0.2, 0) is 27.7 Å². The highest BCUT2D eigenvalue weighted by atomic mass is 16.7. The lowest BCUT2D eigenvalue weighted by molar-refractivity contribution is -0.126. The summed E-state index contributed by atoms with van der Waals surface area (Å²) in [7, 11) is 1.89. The summed E-state index contributed by atoms with van der Waals surface area (Å²) >= 11 is 0. The van der Waals surface area contributed by atoms with E-state index in [1.54, 1.807) is 4.68 Å². The first kappa shape index (κ1) is 12.3. The minimum atomic E-state index is -0.373. The van der Waals surface area contributed by atoms with E-state index in [2.05, 4.69) is 5.10 Å². The highest BCUT2D eigenvalue weighted by Gasteiger charge is 2.21. The van der Waals surface area contributed by atoms with Gasteiger partial charge < -0.3 is 9.47 Å². The number of carbonyl (C=O) groups excluding carboxylic acids is 1. The molecule has 0 saturated carbocycles. The van der Waals surface area contributed by atoms with Crippen LogP contribution in [0.4, 0.5) is 0 Å². The summed E-state index contributed by atoms with van der Waals surface area (Å²) in [5, 5.41) is 5.45. The van der Waals surface area contributed by atoms with Gasteiger partial charge in [-0.05, 0) is 6.07 Å². The van der Waals surface area contributed by atoms with E-state index >= 15 is 0 Å². The van der Waals surface area contributed by atoms with E-state index in [1.165, 1.54) is 0 Å². The molecule has 5 heteroatoms. The van der Waals surface area contributed by atoms with Crippen molar-refractivity contribution in [2.24, 2.45) is 7.05 Å². The SMILES string of the molecule is Cn1nc(CC(=O)CC2OCCO2)c2ccccc21. The number of ketones is 1. The summed E-state index contributed by atoms with van der Waals surface area (Å²) < 4.78 is 12.4. The summed E-state index contributed by atoms with van der Waals surface area (Å²) in [6.07, 6.45) is 0.248. The largest absolute Gasteiger partial charge is 0.350 e. The molecule has 0 spiro atoms. The van der Waals surface area contributed by atoms with Gasteiger partial charge in [-0.25, -0.2) is 0 Å². The van der Waals surface area contributed by atoms with Gasteiger partial charge in [-0.2, -0.15) is 5.10 Å². The maximum atomic E-state index is 12.0. The summed E-state index contributed by atoms with van der Waals surface area (Å²) in [4.78, 5) is 12.0. The first-order chi connectivity index (χ1) is 9.24. The standard InChI is InChI=1S/C14H16N2O3/c1-16-13-5-3-2-4-11(13)12(15-16)8-10(17)9-14-18-6-7-19-14/h2-5,14H,6-9H2,1H3. The van der Waals surface area contributed by atoms with Crippen molar-refractivity contribution < 1.29 is 14.3 Å². The molecule has 5 nitrogen and oxygen atoms in total. The molecule has 1 aromatic heterocycles. The topological polar surface area (TPSA) is 53.4 Å². The number of hydrogen-bond donors (Lipinski definition) is 0. The van der Waals surface area contributed by atoms with Gasteiger partial charge in [-0.1, -0.05) is 18.2 Å². The second kappa shape index (κ2) is 5.11. The lowest BCUT2D eigenvalue weighted by Gasteiger charge is -2.06. The Bertz CT molecular complexity index is 600. The molecule has 2 heterocycles. The monoisotopic (exact) mass is 260 g/mol. The fourth-order valence-corrected chi connectivity index (χ4v) is 2.39. The molecule has 0 unspecified atom stereocenters. The minimum Gasteiger partial charge on any atom is -0.350 e. The number of aromatic nitrogens is 2. The van der Waals surface area contributed by atoms with Crippen molar-refractivity contribution in [3.63, 3.8) is 0 Å². The molecular formula is C14H16N2O3. The van der Waals surface area contributed by atoms with E-state index in [1.807, 2.05) is 31.3 Å². The van der Waals surface area contributed by atoms with Crippen molar-refractivity contribution in [1.82, 2.24) is 9.78 Å². The molecule has 1 fully saturated rings. The van der Waals surface area contributed by atoms with Crippen LogP contribution in [0.3, 0.4) is 0 Å². The number of nitrogens with zero attached hydrogens (tertiary/aromatic N) is 2. The van der Waals surface area contributed by atoms with Gasteiger partial charge >= 0.3 is 0 Å². The van der Waals surface area contributed by atoms with Gasteiger partial charge in [0.05, 0.1) is 37.3 Å². The van der Waals surface area contributed by atoms with Crippen LogP contribution in [0.5, 0.6) is 0 Å². The third-order valence-corrected chi connectivity index (χ3v) is 3.28. The zero-order valence-corrected chi connectivity index (χ0v) is 10.8. The number of Topliss-reactive ketones (excluding diaryl/α,β-unsaturated/α-hetero) is 1. The van der Waals surface area contributed by atoms with E-state index in [0.717, 1.165) is 16.6 Å². The lowest BCUT2D eigenvalue weighted by atomic mass is 10.1. The molecule has 1 aromatic carbocycles. The lowest BCUT2D eigenvalue weighted by Crippen LogP contribution is -2.16. The van der Waals surface area contributed by atoms with Crippen LogP contribution in [0.15, 0.2) is 24.3 Å². The number of benzene rings is 1. The highest BCUT2D eigenvalue weighted by Crippen LogP contribution is 2.19. The van der Waals surface area contributed by atoms with Gasteiger partial charge in [0.25, 0.3) is 0 Å². The molecule has 2 aromatic rings. The first-order valence-corrected chi connectivity index (χ1v) is 6.39. The molecule has 0 N–H and O–H groups in total. The van der Waals surface area contributed by atoms with Crippen LogP contribution in [0.1, 0.15) is 12.1 Å². The molecule has 0 aliphatic carbocycles. The number of rotatable bonds is 4. The molecule has 100 valence electrons. The smallest absolute Gasteiger partial charge is 0.164 e. The number of para-hydroxylation sites is 1. The van der Waals surface area contributed by atoms with Gasteiger partial charge in [-0.3, -0.25) is 9.48 Å². The van der Waals surface area contributed by atoms with Gasteiger partial charge in [-0.15, -0.1) is 0 Å². The molecule has 1 saturated heterocycles. The van der Waals surface area contributed by atoms with Crippen LogP contribution < -0.4 is 0 Å². The number of carbonyl (C=O) groups is 1. The van der Waals surface area contributed by atoms with Gasteiger partial charge in [0, 0.05) is 12.4 Å². The third kappa shape index (κ3) is 2.52. The average Bonchev–Trinajstić information content (AvgIpc) is 3.00. The van der Waals surface area contributed by atoms with E-state index in [-0.39, 0.29) is 12.1 Å². The second-order valence-corrected chi connectivity index (χ2v) is 4.68. The molecule has 1 aliphatic heterocycles. The van der Waals surface area contributed by atoms with Crippen molar-refractivity contribution in [1.29, 1.82) is 0 Å². The Morgan fingerprint density at radius 3 is 2.89 bits per heavy atom. The van der Waals surface area contributed by atoms with Crippen LogP contribution in [0.25, 0.3) is 10.9 Å². The van der Waals surface area contributed by atoms with Crippen LogP contribution in [0.2, 0.25) is 0 Å². The van der Waals surface area contributed by atoms with Gasteiger partial charge in [0.1, 0.15) is 5.78 Å². The molecule has 0 atom stereocenters. The van der Waals surface area contributed by atoms with Crippen LogP contribution in [-0.4, -0.2) is 35.1 Å². The first-order valence-electron chi connectivity index (χ1n) is 6.39. The van der Waals surface area contributed by atoms with Gasteiger partial charge in [0.2, 0.25) is 0 Å². The highest BCUT2D eigenvalue weighted by molar-refractivity contribution is 5.88. The summed E-state index contributed by atoms with van der Waals surface area (Å²) in [5.41, 5.74) is 1.86. The normalized spacial score (nSPS) is 16.3. The quantitative estimate of drug-likeness (QED) is 0.835. The molecule has 0 radical (unpaired) electrons. The van der Waals surface area contributed by atoms with Crippen molar-refractivity contribution in [3.8, 4) is 0 Å². The van der Waals surface area contributed by atoms with E-state index in [0.29, 0.717) is 26.1 Å². The predicted molar refractivity (Wildman–Crippen MR) is 69.7 cm³/mol. The van der Waals surface area contributed by atoms with Crippen molar-refractivity contribution >= 4 is 16.7 Å². The number of hydrogen-bond acceptors (Lipinski definition) is 4. The molecule has 3 rings (SSSR count). The summed E-state index contributed by atoms with van der Waals surface area (Å²) in [6.45, 7) is 1.15. The Kier molecular flexibility index (Phi) is 3.31. The zero-order chi connectivity index (χ0) is 13.2. The van der Waals surface area contributed by atoms with Gasteiger partial charge in [0.15, 0.2) is 6.29 Å². The molecular weight excluding hydrogens is 244 g/mol. The Morgan fingerprint density at radius 1 is 1.37 bits per heavy atom. The van der Waals surface area contributed by atoms with E-state index in [9.17, 15) is 4.79 Å². The van der Waals surface area contributed by atoms with E-state index < -0.39 is 0 Å². The zero-order valence-electron chi connectivity index (χ0n) is 10.8. The molecule has 0 amide bonds. The Balaban J connectivity index is 1.75. The second-order valence-electron chi connectivity index (χ2n) is 4.68. The average molecular weight is 260 g/mol. The molecule has 0 bridgehead atoms. The number of ether oxygens (including phenoxy) is 2. The maximum absolute atomic E-state index is 12.0. The Labute approximate surface area is 111 Å². The van der Waals surface area contributed by atoms with Crippen molar-refractivity contribution in [2.45, 2.75) is 19.1 Å². The summed E-state index contributed by atoms with van der Waals surface area (Å²) in [6, 6.07) is 7.92. The molecule has 1 aliphatic rings. The van der Waals surface area contributed by atoms with Crippen molar-refractivity contribution in [3.05, 3.63) is 30.0 Å². The number of aryl methyl sites for hydroxylation is 1. The number of fused-ring (bicyclic) bond motifs is 1. The molecule has 19 heavy (non-hydrogen) atoms. The summed E-state index contributed by atoms with van der Waals surface area (Å²) in [5.74, 6) is 0.0933. The fraction of sp³-hybridized carbons (Fsp3) is 0.429. The maximum Gasteiger partial charge on any atom is 0.164 e. The van der Waals surface area contributed by atoms with Crippen LogP contribution in [0, 0.1) is 0 Å². The van der Waals surface area contributed by atoms with E-state index in [4.69, 9.17) is 9.47 Å². The van der Waals surface area contributed by atoms with Crippen LogP contribution >= 0.6 is 0 Å². The Hall–Kier alpha value is -1.72. The Morgan fingerprint density at radius 2 is 2.11 bits per heavy atom. The third-order valence-electron chi connectivity index (χ3n) is 3.28.